The summed E-state index contributed by atoms with van der Waals surface area (Å²) in [6, 6.07) is 0. The van der Waals surface area contributed by atoms with Crippen molar-refractivity contribution in [2.75, 3.05) is 0 Å². The lowest BCUT2D eigenvalue weighted by Crippen LogP contribution is -2.46. The Kier molecular flexibility index (Phi) is 3.63. The first kappa shape index (κ1) is 12.0. The molecule has 0 amide bonds. The minimum Gasteiger partial charge on any atom is -0.389 e. The summed E-state index contributed by atoms with van der Waals surface area (Å²) >= 11 is 0. The van der Waals surface area contributed by atoms with Crippen molar-refractivity contribution >= 4 is 0 Å². The van der Waals surface area contributed by atoms with Crippen molar-refractivity contribution in [2.24, 2.45) is 11.3 Å². The normalized spacial score (nSPS) is 25.5. The van der Waals surface area contributed by atoms with Gasteiger partial charge in [0.1, 0.15) is 0 Å². The average molecular weight is 198 g/mol. The van der Waals surface area contributed by atoms with Gasteiger partial charge in [-0.15, -0.1) is 0 Å². The van der Waals surface area contributed by atoms with Crippen LogP contribution in [-0.2, 0) is 0 Å². The van der Waals surface area contributed by atoms with Gasteiger partial charge in [-0.3, -0.25) is 0 Å². The first-order valence-corrected chi connectivity index (χ1v) is 6.08. The van der Waals surface area contributed by atoms with E-state index >= 15 is 0 Å². The van der Waals surface area contributed by atoms with E-state index in [1.54, 1.807) is 0 Å². The van der Waals surface area contributed by atoms with Crippen LogP contribution >= 0.6 is 0 Å². The molecule has 14 heavy (non-hydrogen) atoms. The Bertz CT molecular complexity index is 168. The van der Waals surface area contributed by atoms with E-state index in [0.717, 1.165) is 0 Å². The summed E-state index contributed by atoms with van der Waals surface area (Å²) in [5.74, 6) is 0.505. The van der Waals surface area contributed by atoms with E-state index in [-0.39, 0.29) is 5.41 Å². The zero-order chi connectivity index (χ0) is 10.8. The van der Waals surface area contributed by atoms with E-state index in [0.29, 0.717) is 5.92 Å². The van der Waals surface area contributed by atoms with E-state index in [1.807, 2.05) is 6.92 Å². The van der Waals surface area contributed by atoms with E-state index in [2.05, 4.69) is 20.8 Å². The molecule has 1 aliphatic carbocycles. The quantitative estimate of drug-likeness (QED) is 0.636. The molecule has 1 saturated carbocycles. The number of hydrogen-bond acceptors (Lipinski definition) is 1. The molecule has 0 heterocycles. The highest BCUT2D eigenvalue weighted by atomic mass is 16.3. The molecule has 0 spiro atoms. The monoisotopic (exact) mass is 198 g/mol. The molecule has 0 bridgehead atoms. The van der Waals surface area contributed by atoms with Gasteiger partial charge in [0.25, 0.3) is 0 Å². The molecule has 1 nitrogen and oxygen atoms in total. The smallest absolute Gasteiger partial charge is 0.0695 e. The summed E-state index contributed by atoms with van der Waals surface area (Å²) < 4.78 is 0. The Morgan fingerprint density at radius 3 is 1.64 bits per heavy atom. The Hall–Kier alpha value is -0.0400. The molecule has 0 aliphatic heterocycles. The summed E-state index contributed by atoms with van der Waals surface area (Å²) in [4.78, 5) is 0. The molecular formula is C13H26O. The standard InChI is InChI=1S/C13H26O/c1-12(2,3)13(4,14)11-9-7-5-6-8-10-11/h11,14H,5-10H2,1-4H3. The summed E-state index contributed by atoms with van der Waals surface area (Å²) in [6.07, 6.45) is 7.75. The maximum Gasteiger partial charge on any atom is 0.0695 e. The topological polar surface area (TPSA) is 20.2 Å². The molecular weight excluding hydrogens is 172 g/mol. The van der Waals surface area contributed by atoms with Crippen molar-refractivity contribution in [3.8, 4) is 0 Å². The maximum atomic E-state index is 10.6. The summed E-state index contributed by atoms with van der Waals surface area (Å²) in [5.41, 5.74) is -0.501. The lowest BCUT2D eigenvalue weighted by atomic mass is 9.68. The third-order valence-electron chi connectivity index (χ3n) is 4.17. The third-order valence-corrected chi connectivity index (χ3v) is 4.17. The van der Waals surface area contributed by atoms with Gasteiger partial charge in [0.2, 0.25) is 0 Å². The highest BCUT2D eigenvalue weighted by Gasteiger charge is 2.41. The van der Waals surface area contributed by atoms with Gasteiger partial charge in [-0.05, 0) is 31.1 Å². The van der Waals surface area contributed by atoms with Gasteiger partial charge in [-0.25, -0.2) is 0 Å². The van der Waals surface area contributed by atoms with Crippen LogP contribution in [-0.4, -0.2) is 10.7 Å². The largest absolute Gasteiger partial charge is 0.389 e. The van der Waals surface area contributed by atoms with E-state index < -0.39 is 5.60 Å². The Labute approximate surface area is 88.9 Å². The summed E-state index contributed by atoms with van der Waals surface area (Å²) in [7, 11) is 0. The van der Waals surface area contributed by atoms with Gasteiger partial charge in [-0.2, -0.15) is 0 Å². The molecule has 1 heteroatoms. The van der Waals surface area contributed by atoms with E-state index in [1.165, 1.54) is 38.5 Å². The van der Waals surface area contributed by atoms with Gasteiger partial charge in [0.15, 0.2) is 0 Å². The Morgan fingerprint density at radius 2 is 1.29 bits per heavy atom. The average Bonchev–Trinajstić information content (AvgIpc) is 2.29. The molecule has 0 aromatic carbocycles. The van der Waals surface area contributed by atoms with Gasteiger partial charge >= 0.3 is 0 Å². The van der Waals surface area contributed by atoms with Gasteiger partial charge in [-0.1, -0.05) is 46.5 Å². The fourth-order valence-corrected chi connectivity index (χ4v) is 2.45. The lowest BCUT2D eigenvalue weighted by Gasteiger charge is -2.43. The lowest BCUT2D eigenvalue weighted by molar-refractivity contribution is -0.0934. The van der Waals surface area contributed by atoms with Crippen molar-refractivity contribution in [2.45, 2.75) is 71.8 Å². The minimum atomic E-state index is -0.503. The Balaban J connectivity index is 2.69. The highest BCUT2D eigenvalue weighted by molar-refractivity contribution is 4.92. The van der Waals surface area contributed by atoms with Crippen LogP contribution in [0, 0.1) is 11.3 Å². The number of rotatable bonds is 1. The van der Waals surface area contributed by atoms with Crippen molar-refractivity contribution in [3.05, 3.63) is 0 Å². The third kappa shape index (κ3) is 2.50. The van der Waals surface area contributed by atoms with Crippen molar-refractivity contribution < 1.29 is 5.11 Å². The molecule has 1 atom stereocenters. The second kappa shape index (κ2) is 4.22. The first-order chi connectivity index (χ1) is 6.36. The van der Waals surface area contributed by atoms with Crippen LogP contribution in [0.2, 0.25) is 0 Å². The van der Waals surface area contributed by atoms with Crippen molar-refractivity contribution in [1.29, 1.82) is 0 Å². The molecule has 0 saturated heterocycles. The highest BCUT2D eigenvalue weighted by Crippen LogP contribution is 2.42. The predicted octanol–water partition coefficient (Wildman–Crippen LogP) is 3.75. The molecule has 1 fully saturated rings. The fraction of sp³-hybridized carbons (Fsp3) is 1.00. The van der Waals surface area contributed by atoms with Crippen LogP contribution in [0.3, 0.4) is 0 Å². The SMILES string of the molecule is CC(C)(C)C(C)(O)C1CCCCCC1. The molecule has 1 aliphatic rings. The fourth-order valence-electron chi connectivity index (χ4n) is 2.45. The zero-order valence-electron chi connectivity index (χ0n) is 10.3. The van der Waals surface area contributed by atoms with Crippen molar-refractivity contribution in [1.82, 2.24) is 0 Å². The van der Waals surface area contributed by atoms with Crippen LogP contribution in [0.5, 0.6) is 0 Å². The van der Waals surface area contributed by atoms with Gasteiger partial charge < -0.3 is 5.11 Å². The predicted molar refractivity (Wildman–Crippen MR) is 61.3 cm³/mol. The molecule has 0 aromatic heterocycles. The van der Waals surface area contributed by atoms with Crippen LogP contribution in [0.25, 0.3) is 0 Å². The molecule has 1 N–H and O–H groups in total. The van der Waals surface area contributed by atoms with Crippen LogP contribution in [0.4, 0.5) is 0 Å². The molecule has 84 valence electrons. The molecule has 0 radical (unpaired) electrons. The number of hydrogen-bond donors (Lipinski definition) is 1. The zero-order valence-corrected chi connectivity index (χ0v) is 10.3. The van der Waals surface area contributed by atoms with Crippen molar-refractivity contribution in [3.63, 3.8) is 0 Å². The van der Waals surface area contributed by atoms with Gasteiger partial charge in [0, 0.05) is 0 Å². The molecule has 1 rings (SSSR count). The maximum absolute atomic E-state index is 10.6. The van der Waals surface area contributed by atoms with E-state index in [9.17, 15) is 5.11 Å². The second-order valence-electron chi connectivity index (χ2n) is 6.09. The molecule has 1 unspecified atom stereocenters. The van der Waals surface area contributed by atoms with E-state index in [4.69, 9.17) is 0 Å². The molecule has 0 aromatic rings. The van der Waals surface area contributed by atoms with Crippen LogP contribution < -0.4 is 0 Å². The minimum absolute atomic E-state index is 0.00199. The van der Waals surface area contributed by atoms with Gasteiger partial charge in [0.05, 0.1) is 5.60 Å². The number of aliphatic hydroxyl groups is 1. The summed E-state index contributed by atoms with van der Waals surface area (Å²) in [5, 5.41) is 10.6. The van der Waals surface area contributed by atoms with Crippen LogP contribution in [0.1, 0.15) is 66.2 Å². The first-order valence-electron chi connectivity index (χ1n) is 6.08. The summed E-state index contributed by atoms with van der Waals surface area (Å²) in [6.45, 7) is 8.48. The Morgan fingerprint density at radius 1 is 0.857 bits per heavy atom. The second-order valence-corrected chi connectivity index (χ2v) is 6.09. The van der Waals surface area contributed by atoms with Crippen LogP contribution in [0.15, 0.2) is 0 Å².